The number of nitrogens with zero attached hydrogens (tertiary/aromatic N) is 2. The third-order valence-corrected chi connectivity index (χ3v) is 5.32. The fourth-order valence-electron chi connectivity index (χ4n) is 3.67. The average Bonchev–Trinajstić information content (AvgIpc) is 3.28. The van der Waals surface area contributed by atoms with Crippen molar-refractivity contribution in [2.24, 2.45) is 5.92 Å². The van der Waals surface area contributed by atoms with Crippen LogP contribution in [-0.4, -0.2) is 50.2 Å². The number of amides is 1. The first-order valence-electron chi connectivity index (χ1n) is 9.68. The molecule has 2 fully saturated rings. The first-order valence-corrected chi connectivity index (χ1v) is 9.68. The third kappa shape index (κ3) is 4.42. The number of rotatable bonds is 5. The van der Waals surface area contributed by atoms with Crippen LogP contribution in [0.3, 0.4) is 0 Å². The van der Waals surface area contributed by atoms with Crippen molar-refractivity contribution >= 4 is 11.6 Å². The Labute approximate surface area is 160 Å². The molecule has 0 aromatic heterocycles. The summed E-state index contributed by atoms with van der Waals surface area (Å²) in [6.07, 6.45) is 0.865. The number of hydrogen-bond donors (Lipinski definition) is 0. The molecule has 0 saturated carbocycles. The number of carbonyl (C=O) groups is 1. The number of ether oxygens (including phenoxy) is 2. The SMILES string of the molecule is O=C(C1CCOC1)N1CCN(c2ccc(OCc3ccccc3)cc2)CC1. The van der Waals surface area contributed by atoms with Gasteiger partial charge in [-0.3, -0.25) is 4.79 Å². The Morgan fingerprint density at radius 1 is 1.00 bits per heavy atom. The van der Waals surface area contributed by atoms with Crippen LogP contribution in [0.5, 0.6) is 5.75 Å². The maximum absolute atomic E-state index is 12.5. The minimum atomic E-state index is 0.0672. The Balaban J connectivity index is 1.27. The summed E-state index contributed by atoms with van der Waals surface area (Å²) >= 11 is 0. The second kappa shape index (κ2) is 8.44. The molecule has 0 bridgehead atoms. The summed E-state index contributed by atoms with van der Waals surface area (Å²) in [4.78, 5) is 16.8. The van der Waals surface area contributed by atoms with Gasteiger partial charge < -0.3 is 19.3 Å². The van der Waals surface area contributed by atoms with Crippen molar-refractivity contribution in [3.8, 4) is 5.75 Å². The summed E-state index contributed by atoms with van der Waals surface area (Å²) < 4.78 is 11.2. The third-order valence-electron chi connectivity index (χ3n) is 5.32. The van der Waals surface area contributed by atoms with E-state index >= 15 is 0 Å². The molecule has 1 amide bonds. The standard InChI is InChI=1S/C22H26N2O3/c25-22(19-10-15-26-17-19)24-13-11-23(12-14-24)20-6-8-21(9-7-20)27-16-18-4-2-1-3-5-18/h1-9,19H,10-17H2. The molecule has 5 heteroatoms. The predicted molar refractivity (Wildman–Crippen MR) is 105 cm³/mol. The molecule has 142 valence electrons. The lowest BCUT2D eigenvalue weighted by molar-refractivity contribution is -0.135. The number of benzene rings is 2. The van der Waals surface area contributed by atoms with E-state index in [9.17, 15) is 4.79 Å². The Morgan fingerprint density at radius 2 is 1.74 bits per heavy atom. The lowest BCUT2D eigenvalue weighted by Crippen LogP contribution is -2.50. The van der Waals surface area contributed by atoms with Crippen LogP contribution >= 0.6 is 0 Å². The van der Waals surface area contributed by atoms with E-state index < -0.39 is 0 Å². The molecule has 27 heavy (non-hydrogen) atoms. The van der Waals surface area contributed by atoms with E-state index in [1.807, 2.05) is 35.2 Å². The second-order valence-electron chi connectivity index (χ2n) is 7.14. The molecule has 1 atom stereocenters. The van der Waals surface area contributed by atoms with Gasteiger partial charge in [0, 0.05) is 38.5 Å². The van der Waals surface area contributed by atoms with Crippen LogP contribution in [0.25, 0.3) is 0 Å². The molecule has 2 heterocycles. The molecule has 2 aliphatic heterocycles. The molecule has 0 radical (unpaired) electrons. The highest BCUT2D eigenvalue weighted by molar-refractivity contribution is 5.79. The minimum Gasteiger partial charge on any atom is -0.489 e. The summed E-state index contributed by atoms with van der Waals surface area (Å²) in [7, 11) is 0. The first kappa shape index (κ1) is 17.9. The zero-order valence-electron chi connectivity index (χ0n) is 15.5. The summed E-state index contributed by atoms with van der Waals surface area (Å²) in [6.45, 7) is 5.17. The van der Waals surface area contributed by atoms with E-state index in [1.54, 1.807) is 0 Å². The van der Waals surface area contributed by atoms with Crippen molar-refractivity contribution in [2.75, 3.05) is 44.3 Å². The molecule has 5 nitrogen and oxygen atoms in total. The van der Waals surface area contributed by atoms with E-state index in [4.69, 9.17) is 9.47 Å². The molecule has 0 N–H and O–H groups in total. The summed E-state index contributed by atoms with van der Waals surface area (Å²) in [5.74, 6) is 1.20. The highest BCUT2D eigenvalue weighted by Gasteiger charge is 2.30. The lowest BCUT2D eigenvalue weighted by atomic mass is 10.1. The number of anilines is 1. The van der Waals surface area contributed by atoms with Gasteiger partial charge in [-0.2, -0.15) is 0 Å². The first-order chi connectivity index (χ1) is 13.3. The summed E-state index contributed by atoms with van der Waals surface area (Å²) in [6, 6.07) is 18.4. The van der Waals surface area contributed by atoms with Crippen molar-refractivity contribution in [3.05, 3.63) is 60.2 Å². The van der Waals surface area contributed by atoms with Gasteiger partial charge in [0.2, 0.25) is 5.91 Å². The Hall–Kier alpha value is -2.53. The van der Waals surface area contributed by atoms with Crippen LogP contribution in [0, 0.1) is 5.92 Å². The minimum absolute atomic E-state index is 0.0672. The molecular weight excluding hydrogens is 340 g/mol. The van der Waals surface area contributed by atoms with Crippen LogP contribution in [0.2, 0.25) is 0 Å². The van der Waals surface area contributed by atoms with Crippen molar-refractivity contribution in [3.63, 3.8) is 0 Å². The largest absolute Gasteiger partial charge is 0.489 e. The molecule has 4 rings (SSSR count). The van der Waals surface area contributed by atoms with Gasteiger partial charge >= 0.3 is 0 Å². The second-order valence-corrected chi connectivity index (χ2v) is 7.14. The van der Waals surface area contributed by atoms with Crippen molar-refractivity contribution in [1.29, 1.82) is 0 Å². The zero-order valence-corrected chi connectivity index (χ0v) is 15.5. The number of piperazine rings is 1. The van der Waals surface area contributed by atoms with Gasteiger partial charge in [0.05, 0.1) is 12.5 Å². The molecule has 2 aliphatic rings. The summed E-state index contributed by atoms with van der Waals surface area (Å²) in [5, 5.41) is 0. The average molecular weight is 366 g/mol. The van der Waals surface area contributed by atoms with Crippen molar-refractivity contribution in [2.45, 2.75) is 13.0 Å². The molecule has 2 saturated heterocycles. The Morgan fingerprint density at radius 3 is 2.41 bits per heavy atom. The van der Waals surface area contributed by atoms with E-state index in [1.165, 1.54) is 5.69 Å². The van der Waals surface area contributed by atoms with Crippen LogP contribution < -0.4 is 9.64 Å². The molecule has 1 unspecified atom stereocenters. The van der Waals surface area contributed by atoms with Gasteiger partial charge in [-0.1, -0.05) is 30.3 Å². The fraction of sp³-hybridized carbons (Fsp3) is 0.409. The van der Waals surface area contributed by atoms with Crippen LogP contribution in [0.4, 0.5) is 5.69 Å². The molecule has 0 aliphatic carbocycles. The van der Waals surface area contributed by atoms with Gasteiger partial charge in [0.25, 0.3) is 0 Å². The number of carbonyl (C=O) groups excluding carboxylic acids is 1. The van der Waals surface area contributed by atoms with Gasteiger partial charge in [-0.15, -0.1) is 0 Å². The lowest BCUT2D eigenvalue weighted by Gasteiger charge is -2.37. The van der Waals surface area contributed by atoms with E-state index in [0.29, 0.717) is 13.2 Å². The van der Waals surface area contributed by atoms with Crippen LogP contribution in [0.1, 0.15) is 12.0 Å². The van der Waals surface area contributed by atoms with E-state index in [-0.39, 0.29) is 11.8 Å². The van der Waals surface area contributed by atoms with Gasteiger partial charge in [0.1, 0.15) is 12.4 Å². The monoisotopic (exact) mass is 366 g/mol. The normalized spacial score (nSPS) is 19.9. The topological polar surface area (TPSA) is 42.0 Å². The van der Waals surface area contributed by atoms with Crippen molar-refractivity contribution < 1.29 is 14.3 Å². The maximum atomic E-state index is 12.5. The van der Waals surface area contributed by atoms with Crippen LogP contribution in [-0.2, 0) is 16.1 Å². The van der Waals surface area contributed by atoms with Crippen molar-refractivity contribution in [1.82, 2.24) is 4.90 Å². The summed E-state index contributed by atoms with van der Waals surface area (Å²) in [5.41, 5.74) is 2.34. The molecular formula is C22H26N2O3. The molecule has 0 spiro atoms. The quantitative estimate of drug-likeness (QED) is 0.816. The van der Waals surface area contributed by atoms with Gasteiger partial charge in [-0.05, 0) is 36.2 Å². The van der Waals surface area contributed by atoms with Gasteiger partial charge in [0.15, 0.2) is 0 Å². The van der Waals surface area contributed by atoms with E-state index in [0.717, 1.165) is 50.5 Å². The van der Waals surface area contributed by atoms with Crippen LogP contribution in [0.15, 0.2) is 54.6 Å². The maximum Gasteiger partial charge on any atom is 0.228 e. The Kier molecular flexibility index (Phi) is 5.58. The Bertz CT molecular complexity index is 734. The molecule has 2 aromatic carbocycles. The smallest absolute Gasteiger partial charge is 0.228 e. The molecule has 2 aromatic rings. The fourth-order valence-corrected chi connectivity index (χ4v) is 3.67. The predicted octanol–water partition coefficient (Wildman–Crippen LogP) is 2.95. The highest BCUT2D eigenvalue weighted by atomic mass is 16.5. The zero-order chi connectivity index (χ0) is 18.5. The van der Waals surface area contributed by atoms with E-state index in [2.05, 4.69) is 29.2 Å². The number of hydrogen-bond acceptors (Lipinski definition) is 4. The highest BCUT2D eigenvalue weighted by Crippen LogP contribution is 2.23. The van der Waals surface area contributed by atoms with Gasteiger partial charge in [-0.25, -0.2) is 0 Å².